The standard InChI is InChI=1S/C14H20BrNO3S/c1-10-5-4-6-16(9-10)20(17,18)14-8-13(19-3)12(15)7-11(14)2/h7-8,10H,4-6,9H2,1-3H3. The number of piperidine rings is 1. The summed E-state index contributed by atoms with van der Waals surface area (Å²) in [6.45, 7) is 5.10. The Morgan fingerprint density at radius 1 is 1.40 bits per heavy atom. The van der Waals surface area contributed by atoms with Gasteiger partial charge in [-0.05, 0) is 53.2 Å². The molecule has 0 aromatic heterocycles. The second-order valence-electron chi connectivity index (χ2n) is 5.36. The van der Waals surface area contributed by atoms with Crippen molar-refractivity contribution in [1.29, 1.82) is 0 Å². The fourth-order valence-electron chi connectivity index (χ4n) is 2.57. The molecule has 1 atom stereocenters. The van der Waals surface area contributed by atoms with Gasteiger partial charge in [0.15, 0.2) is 0 Å². The first-order valence-electron chi connectivity index (χ1n) is 6.70. The van der Waals surface area contributed by atoms with E-state index in [0.29, 0.717) is 29.7 Å². The molecule has 112 valence electrons. The van der Waals surface area contributed by atoms with Gasteiger partial charge in [-0.15, -0.1) is 0 Å². The highest BCUT2D eigenvalue weighted by Gasteiger charge is 2.30. The van der Waals surface area contributed by atoms with Crippen LogP contribution in [-0.4, -0.2) is 32.9 Å². The number of methoxy groups -OCH3 is 1. The van der Waals surface area contributed by atoms with Gasteiger partial charge in [-0.2, -0.15) is 4.31 Å². The van der Waals surface area contributed by atoms with E-state index in [4.69, 9.17) is 4.74 Å². The minimum atomic E-state index is -3.44. The quantitative estimate of drug-likeness (QED) is 0.830. The summed E-state index contributed by atoms with van der Waals surface area (Å²) in [5.41, 5.74) is 0.732. The highest BCUT2D eigenvalue weighted by Crippen LogP contribution is 2.33. The molecule has 0 saturated carbocycles. The number of benzene rings is 1. The van der Waals surface area contributed by atoms with Crippen LogP contribution < -0.4 is 4.74 Å². The van der Waals surface area contributed by atoms with E-state index >= 15 is 0 Å². The SMILES string of the molecule is COc1cc(S(=O)(=O)N2CCCC(C)C2)c(C)cc1Br. The van der Waals surface area contributed by atoms with Gasteiger partial charge in [0.1, 0.15) is 5.75 Å². The van der Waals surface area contributed by atoms with Crippen molar-refractivity contribution in [2.45, 2.75) is 31.6 Å². The van der Waals surface area contributed by atoms with Crippen LogP contribution in [0.2, 0.25) is 0 Å². The van der Waals surface area contributed by atoms with Gasteiger partial charge in [0, 0.05) is 19.2 Å². The summed E-state index contributed by atoms with van der Waals surface area (Å²) in [6.07, 6.45) is 2.02. The van der Waals surface area contributed by atoms with Gasteiger partial charge in [-0.25, -0.2) is 8.42 Å². The number of nitrogens with zero attached hydrogens (tertiary/aromatic N) is 1. The van der Waals surface area contributed by atoms with E-state index in [1.165, 1.54) is 7.11 Å². The number of rotatable bonds is 3. The Balaban J connectivity index is 2.43. The number of halogens is 1. The summed E-state index contributed by atoms with van der Waals surface area (Å²) in [4.78, 5) is 0.339. The lowest BCUT2D eigenvalue weighted by Crippen LogP contribution is -2.39. The fraction of sp³-hybridized carbons (Fsp3) is 0.571. The summed E-state index contributed by atoms with van der Waals surface area (Å²) in [7, 11) is -1.91. The van der Waals surface area contributed by atoms with Crippen molar-refractivity contribution in [3.8, 4) is 5.75 Å². The van der Waals surface area contributed by atoms with Crippen LogP contribution in [0.4, 0.5) is 0 Å². The molecule has 20 heavy (non-hydrogen) atoms. The normalized spacial score (nSPS) is 20.9. The van der Waals surface area contributed by atoms with Crippen LogP contribution in [0.1, 0.15) is 25.3 Å². The molecule has 4 nitrogen and oxygen atoms in total. The lowest BCUT2D eigenvalue weighted by Gasteiger charge is -2.30. The van der Waals surface area contributed by atoms with Crippen molar-refractivity contribution in [1.82, 2.24) is 4.31 Å². The summed E-state index contributed by atoms with van der Waals surface area (Å²) >= 11 is 3.38. The summed E-state index contributed by atoms with van der Waals surface area (Å²) < 4.78 is 33.2. The van der Waals surface area contributed by atoms with Gasteiger partial charge in [0.2, 0.25) is 10.0 Å². The minimum Gasteiger partial charge on any atom is -0.496 e. The van der Waals surface area contributed by atoms with Crippen molar-refractivity contribution in [2.75, 3.05) is 20.2 Å². The maximum absolute atomic E-state index is 12.8. The number of ether oxygens (including phenoxy) is 1. The first-order valence-corrected chi connectivity index (χ1v) is 8.94. The van der Waals surface area contributed by atoms with Crippen molar-refractivity contribution in [3.63, 3.8) is 0 Å². The summed E-state index contributed by atoms with van der Waals surface area (Å²) in [6, 6.07) is 3.40. The van der Waals surface area contributed by atoms with Crippen LogP contribution in [0.25, 0.3) is 0 Å². The highest BCUT2D eigenvalue weighted by atomic mass is 79.9. The topological polar surface area (TPSA) is 46.6 Å². The Bertz CT molecular complexity index is 601. The molecule has 0 bridgehead atoms. The zero-order valence-electron chi connectivity index (χ0n) is 12.0. The van der Waals surface area contributed by atoms with E-state index in [-0.39, 0.29) is 0 Å². The van der Waals surface area contributed by atoms with E-state index in [1.807, 2.05) is 6.92 Å². The Hall–Kier alpha value is -0.590. The first-order chi connectivity index (χ1) is 9.36. The smallest absolute Gasteiger partial charge is 0.243 e. The maximum Gasteiger partial charge on any atom is 0.243 e. The third-order valence-electron chi connectivity index (χ3n) is 3.69. The average Bonchev–Trinajstić information content (AvgIpc) is 2.38. The van der Waals surface area contributed by atoms with E-state index in [2.05, 4.69) is 22.9 Å². The number of aryl methyl sites for hydroxylation is 1. The molecule has 2 rings (SSSR count). The number of hydrogen-bond acceptors (Lipinski definition) is 3. The van der Waals surface area contributed by atoms with Gasteiger partial charge in [0.05, 0.1) is 16.5 Å². The molecular weight excluding hydrogens is 342 g/mol. The molecule has 1 aromatic rings. The molecule has 6 heteroatoms. The monoisotopic (exact) mass is 361 g/mol. The first kappa shape index (κ1) is 15.8. The predicted molar refractivity (Wildman–Crippen MR) is 82.6 cm³/mol. The van der Waals surface area contributed by atoms with Crippen LogP contribution >= 0.6 is 15.9 Å². The molecule has 0 aliphatic carbocycles. The van der Waals surface area contributed by atoms with Crippen LogP contribution in [0.15, 0.2) is 21.5 Å². The zero-order valence-corrected chi connectivity index (χ0v) is 14.4. The summed E-state index contributed by atoms with van der Waals surface area (Å²) in [5, 5.41) is 0. The lowest BCUT2D eigenvalue weighted by atomic mass is 10.0. The molecule has 1 aliphatic heterocycles. The van der Waals surface area contributed by atoms with Crippen molar-refractivity contribution in [3.05, 3.63) is 22.2 Å². The number of hydrogen-bond donors (Lipinski definition) is 0. The molecular formula is C14H20BrNO3S. The van der Waals surface area contributed by atoms with E-state index < -0.39 is 10.0 Å². The van der Waals surface area contributed by atoms with Gasteiger partial charge >= 0.3 is 0 Å². The van der Waals surface area contributed by atoms with Crippen molar-refractivity contribution in [2.24, 2.45) is 5.92 Å². The molecule has 0 amide bonds. The molecule has 1 aromatic carbocycles. The van der Waals surface area contributed by atoms with Gasteiger partial charge in [-0.3, -0.25) is 0 Å². The second-order valence-corrected chi connectivity index (χ2v) is 8.12. The largest absolute Gasteiger partial charge is 0.496 e. The van der Waals surface area contributed by atoms with Crippen LogP contribution in [0, 0.1) is 12.8 Å². The van der Waals surface area contributed by atoms with Crippen molar-refractivity contribution >= 4 is 26.0 Å². The number of sulfonamides is 1. The van der Waals surface area contributed by atoms with E-state index in [1.54, 1.807) is 16.4 Å². The van der Waals surface area contributed by atoms with Gasteiger partial charge in [0.25, 0.3) is 0 Å². The molecule has 1 fully saturated rings. The molecule has 1 aliphatic rings. The molecule has 1 unspecified atom stereocenters. The molecule has 0 N–H and O–H groups in total. The fourth-order valence-corrected chi connectivity index (χ4v) is 5.01. The van der Waals surface area contributed by atoms with Crippen molar-refractivity contribution < 1.29 is 13.2 Å². The van der Waals surface area contributed by atoms with E-state index in [9.17, 15) is 8.42 Å². The molecule has 1 saturated heterocycles. The van der Waals surface area contributed by atoms with Crippen LogP contribution in [0.3, 0.4) is 0 Å². The van der Waals surface area contributed by atoms with Gasteiger partial charge < -0.3 is 4.74 Å². The zero-order chi connectivity index (χ0) is 14.9. The average molecular weight is 362 g/mol. The predicted octanol–water partition coefficient (Wildman–Crippen LogP) is 3.19. The van der Waals surface area contributed by atoms with Crippen LogP contribution in [-0.2, 0) is 10.0 Å². The third-order valence-corrected chi connectivity index (χ3v) is 6.31. The summed E-state index contributed by atoms with van der Waals surface area (Å²) in [5.74, 6) is 0.954. The Morgan fingerprint density at radius 3 is 2.70 bits per heavy atom. The second kappa shape index (κ2) is 6.03. The third kappa shape index (κ3) is 3.02. The molecule has 0 spiro atoms. The Morgan fingerprint density at radius 2 is 2.10 bits per heavy atom. The minimum absolute atomic E-state index is 0.339. The van der Waals surface area contributed by atoms with E-state index in [0.717, 1.165) is 22.9 Å². The van der Waals surface area contributed by atoms with Gasteiger partial charge in [-0.1, -0.05) is 6.92 Å². The van der Waals surface area contributed by atoms with Crippen LogP contribution in [0.5, 0.6) is 5.75 Å². The highest BCUT2D eigenvalue weighted by molar-refractivity contribution is 9.10. The molecule has 1 heterocycles. The molecule has 0 radical (unpaired) electrons. The maximum atomic E-state index is 12.8. The Labute approximate surface area is 129 Å². The lowest BCUT2D eigenvalue weighted by molar-refractivity contribution is 0.281. The Kier molecular flexibility index (Phi) is 4.76.